The van der Waals surface area contributed by atoms with Crippen LogP contribution in [0.25, 0.3) is 11.0 Å². The highest BCUT2D eigenvalue weighted by Gasteiger charge is 2.21. The first kappa shape index (κ1) is 14.1. The molecule has 1 fully saturated rings. The molecule has 1 saturated heterocycles. The number of piperidine rings is 1. The third-order valence-electron chi connectivity index (χ3n) is 3.93. The van der Waals surface area contributed by atoms with E-state index in [-0.39, 0.29) is 12.7 Å². The first-order valence-corrected chi connectivity index (χ1v) is 7.23. The summed E-state index contributed by atoms with van der Waals surface area (Å²) < 4.78 is 10.9. The molecule has 0 bridgehead atoms. The molecule has 21 heavy (non-hydrogen) atoms. The lowest BCUT2D eigenvalue weighted by Gasteiger charge is -2.31. The molecule has 2 heterocycles. The molecule has 0 amide bonds. The molecule has 0 radical (unpaired) electrons. The number of furan rings is 1. The zero-order valence-corrected chi connectivity index (χ0v) is 11.8. The zero-order valence-electron chi connectivity index (χ0n) is 11.8. The molecule has 5 nitrogen and oxygen atoms in total. The Kier molecular flexibility index (Phi) is 4.22. The van der Waals surface area contributed by atoms with Crippen LogP contribution in [0, 0.1) is 0 Å². The Balaban J connectivity index is 1.54. The lowest BCUT2D eigenvalue weighted by molar-refractivity contribution is -0.145. The minimum Gasteiger partial charge on any atom is -0.480 e. The van der Waals surface area contributed by atoms with Crippen molar-refractivity contribution in [3.05, 3.63) is 36.1 Å². The van der Waals surface area contributed by atoms with E-state index in [2.05, 4.69) is 11.0 Å². The van der Waals surface area contributed by atoms with E-state index in [1.54, 1.807) is 0 Å². The molecule has 0 saturated carbocycles. The van der Waals surface area contributed by atoms with E-state index < -0.39 is 5.97 Å². The molecular formula is C16H19NO4. The summed E-state index contributed by atoms with van der Waals surface area (Å²) in [4.78, 5) is 12.9. The number of benzene rings is 1. The molecule has 0 unspecified atom stereocenters. The Labute approximate surface area is 123 Å². The van der Waals surface area contributed by atoms with E-state index in [0.717, 1.165) is 38.1 Å². The van der Waals surface area contributed by atoms with Gasteiger partial charge in [-0.3, -0.25) is 4.90 Å². The summed E-state index contributed by atoms with van der Waals surface area (Å²) in [7, 11) is 0. The van der Waals surface area contributed by atoms with Crippen LogP contribution >= 0.6 is 0 Å². The van der Waals surface area contributed by atoms with Gasteiger partial charge in [-0.05, 0) is 18.9 Å². The molecular weight excluding hydrogens is 270 g/mol. The van der Waals surface area contributed by atoms with Crippen molar-refractivity contribution in [3.8, 4) is 0 Å². The number of carboxylic acids is 1. The molecule has 3 rings (SSSR count). The number of para-hydroxylation sites is 1. The number of fused-ring (bicyclic) bond motifs is 1. The summed E-state index contributed by atoms with van der Waals surface area (Å²) in [5.74, 6) is -0.901. The normalized spacial score (nSPS) is 17.3. The van der Waals surface area contributed by atoms with Gasteiger partial charge in [-0.15, -0.1) is 0 Å². The molecule has 0 atom stereocenters. The quantitative estimate of drug-likeness (QED) is 0.916. The molecule has 0 spiro atoms. The van der Waals surface area contributed by atoms with Gasteiger partial charge in [-0.2, -0.15) is 0 Å². The second kappa shape index (κ2) is 6.28. The van der Waals surface area contributed by atoms with Crippen molar-refractivity contribution in [2.75, 3.05) is 19.7 Å². The van der Waals surface area contributed by atoms with E-state index in [0.29, 0.717) is 0 Å². The van der Waals surface area contributed by atoms with Gasteiger partial charge < -0.3 is 14.3 Å². The van der Waals surface area contributed by atoms with Gasteiger partial charge in [0.2, 0.25) is 0 Å². The number of aliphatic carboxylic acids is 1. The number of ether oxygens (including phenoxy) is 1. The average Bonchev–Trinajstić information content (AvgIpc) is 2.90. The Morgan fingerprint density at radius 2 is 2.10 bits per heavy atom. The van der Waals surface area contributed by atoms with Crippen molar-refractivity contribution in [1.82, 2.24) is 4.90 Å². The van der Waals surface area contributed by atoms with Crippen LogP contribution < -0.4 is 0 Å². The third-order valence-corrected chi connectivity index (χ3v) is 3.93. The molecule has 1 aliphatic rings. The summed E-state index contributed by atoms with van der Waals surface area (Å²) in [6, 6.07) is 8.05. The fraction of sp³-hybridized carbons (Fsp3) is 0.438. The summed E-state index contributed by atoms with van der Waals surface area (Å²) in [5.41, 5.74) is 2.13. The standard InChI is InChI=1S/C16H19NO4/c18-16(19)11-20-13-5-7-17(8-6-13)9-12-10-21-15-4-2-1-3-14(12)15/h1-4,10,13H,5-9,11H2,(H,18,19). The Morgan fingerprint density at radius 1 is 1.33 bits per heavy atom. The van der Waals surface area contributed by atoms with Crippen molar-refractivity contribution >= 4 is 16.9 Å². The summed E-state index contributed by atoms with van der Waals surface area (Å²) in [6.45, 7) is 2.51. The van der Waals surface area contributed by atoms with Gasteiger partial charge in [-0.25, -0.2) is 4.79 Å². The van der Waals surface area contributed by atoms with Gasteiger partial charge in [0.25, 0.3) is 0 Å². The van der Waals surface area contributed by atoms with E-state index in [1.165, 1.54) is 10.9 Å². The van der Waals surface area contributed by atoms with Gasteiger partial charge in [0.1, 0.15) is 12.2 Å². The highest BCUT2D eigenvalue weighted by molar-refractivity contribution is 5.80. The minimum absolute atomic E-state index is 0.0680. The fourth-order valence-electron chi connectivity index (χ4n) is 2.82. The van der Waals surface area contributed by atoms with Crippen LogP contribution in [0.1, 0.15) is 18.4 Å². The molecule has 5 heteroatoms. The lowest BCUT2D eigenvalue weighted by atomic mass is 10.1. The zero-order chi connectivity index (χ0) is 14.7. The van der Waals surface area contributed by atoms with Crippen LogP contribution in [0.2, 0.25) is 0 Å². The van der Waals surface area contributed by atoms with E-state index in [1.807, 2.05) is 24.5 Å². The number of carbonyl (C=O) groups is 1. The van der Waals surface area contributed by atoms with E-state index in [4.69, 9.17) is 14.3 Å². The largest absolute Gasteiger partial charge is 0.480 e. The monoisotopic (exact) mass is 289 g/mol. The molecule has 1 aromatic carbocycles. The minimum atomic E-state index is -0.901. The maximum absolute atomic E-state index is 10.5. The first-order valence-electron chi connectivity index (χ1n) is 7.23. The van der Waals surface area contributed by atoms with Crippen LogP contribution in [0.3, 0.4) is 0 Å². The highest BCUT2D eigenvalue weighted by atomic mass is 16.5. The Hall–Kier alpha value is -1.85. The highest BCUT2D eigenvalue weighted by Crippen LogP contribution is 2.23. The Bertz CT molecular complexity index is 614. The van der Waals surface area contributed by atoms with Crippen molar-refractivity contribution in [2.45, 2.75) is 25.5 Å². The maximum Gasteiger partial charge on any atom is 0.329 e. The van der Waals surface area contributed by atoms with Crippen LogP contribution in [0.4, 0.5) is 0 Å². The topological polar surface area (TPSA) is 62.9 Å². The number of carboxylic acid groups (broad SMARTS) is 1. The van der Waals surface area contributed by atoms with Crippen molar-refractivity contribution in [3.63, 3.8) is 0 Å². The second-order valence-electron chi connectivity index (χ2n) is 5.44. The fourth-order valence-corrected chi connectivity index (χ4v) is 2.82. The smallest absolute Gasteiger partial charge is 0.329 e. The van der Waals surface area contributed by atoms with Gasteiger partial charge >= 0.3 is 5.97 Å². The van der Waals surface area contributed by atoms with Crippen LogP contribution in [0.15, 0.2) is 34.9 Å². The first-order chi connectivity index (χ1) is 10.2. The van der Waals surface area contributed by atoms with Gasteiger partial charge in [0.05, 0.1) is 12.4 Å². The van der Waals surface area contributed by atoms with Crippen LogP contribution in [-0.2, 0) is 16.1 Å². The molecule has 1 aromatic heterocycles. The third kappa shape index (κ3) is 3.43. The van der Waals surface area contributed by atoms with Gasteiger partial charge in [0.15, 0.2) is 0 Å². The number of likely N-dealkylation sites (tertiary alicyclic amines) is 1. The average molecular weight is 289 g/mol. The molecule has 1 aliphatic heterocycles. The van der Waals surface area contributed by atoms with E-state index >= 15 is 0 Å². The molecule has 1 N–H and O–H groups in total. The second-order valence-corrected chi connectivity index (χ2v) is 5.44. The van der Waals surface area contributed by atoms with E-state index in [9.17, 15) is 4.79 Å². The van der Waals surface area contributed by atoms with Crippen molar-refractivity contribution in [1.29, 1.82) is 0 Å². The number of hydrogen-bond acceptors (Lipinski definition) is 4. The van der Waals surface area contributed by atoms with Gasteiger partial charge in [0, 0.05) is 30.6 Å². The molecule has 112 valence electrons. The lowest BCUT2D eigenvalue weighted by Crippen LogP contribution is -2.37. The number of rotatable bonds is 5. The number of nitrogens with zero attached hydrogens (tertiary/aromatic N) is 1. The molecule has 2 aromatic rings. The number of hydrogen-bond donors (Lipinski definition) is 1. The summed E-state index contributed by atoms with van der Waals surface area (Å²) >= 11 is 0. The summed E-state index contributed by atoms with van der Waals surface area (Å²) in [6.07, 6.45) is 3.66. The molecule has 0 aliphatic carbocycles. The summed E-state index contributed by atoms with van der Waals surface area (Å²) in [5, 5.41) is 9.79. The predicted molar refractivity (Wildman–Crippen MR) is 78.1 cm³/mol. The predicted octanol–water partition coefficient (Wildman–Crippen LogP) is 2.50. The van der Waals surface area contributed by atoms with Crippen molar-refractivity contribution < 1.29 is 19.1 Å². The SMILES string of the molecule is O=C(O)COC1CCN(Cc2coc3ccccc23)CC1. The maximum atomic E-state index is 10.5. The van der Waals surface area contributed by atoms with Gasteiger partial charge in [-0.1, -0.05) is 18.2 Å². The Morgan fingerprint density at radius 3 is 2.86 bits per heavy atom. The van der Waals surface area contributed by atoms with Crippen molar-refractivity contribution in [2.24, 2.45) is 0 Å². The van der Waals surface area contributed by atoms with Crippen LogP contribution in [0.5, 0.6) is 0 Å². The van der Waals surface area contributed by atoms with Crippen LogP contribution in [-0.4, -0.2) is 41.8 Å².